The van der Waals surface area contributed by atoms with Gasteiger partial charge in [0.25, 0.3) is 0 Å². The number of hydrogen-bond donors (Lipinski definition) is 0. The molecule has 0 bridgehead atoms. The van der Waals surface area contributed by atoms with Crippen LogP contribution in [-0.2, 0) is 27.5 Å². The zero-order valence-electron chi connectivity index (χ0n) is 14.7. The third-order valence-corrected chi connectivity index (χ3v) is 5.51. The van der Waals surface area contributed by atoms with Gasteiger partial charge >= 0.3 is 6.61 Å². The van der Waals surface area contributed by atoms with Gasteiger partial charge in [-0.1, -0.05) is 12.1 Å². The average Bonchev–Trinajstić information content (AvgIpc) is 2.61. The van der Waals surface area contributed by atoms with Crippen LogP contribution in [0.5, 0.6) is 5.75 Å². The molecule has 5 nitrogen and oxygen atoms in total. The van der Waals surface area contributed by atoms with E-state index in [4.69, 9.17) is 0 Å². The predicted octanol–water partition coefficient (Wildman–Crippen LogP) is 3.21. The van der Waals surface area contributed by atoms with E-state index in [0.717, 1.165) is 23.9 Å². The number of nitrogens with zero attached hydrogens (tertiary/aromatic N) is 1. The lowest BCUT2D eigenvalue weighted by Crippen LogP contribution is -2.36. The fraction of sp³-hybridized carbons (Fsp3) is 0.316. The lowest BCUT2D eigenvalue weighted by atomic mass is 10.0. The van der Waals surface area contributed by atoms with Gasteiger partial charge in [0.1, 0.15) is 5.75 Å². The molecule has 1 aliphatic heterocycles. The van der Waals surface area contributed by atoms with Crippen molar-refractivity contribution in [2.75, 3.05) is 17.7 Å². The lowest BCUT2D eigenvalue weighted by molar-refractivity contribution is -0.118. The van der Waals surface area contributed by atoms with E-state index in [2.05, 4.69) is 4.74 Å². The van der Waals surface area contributed by atoms with Crippen molar-refractivity contribution < 1.29 is 26.7 Å². The summed E-state index contributed by atoms with van der Waals surface area (Å²) in [4.78, 5) is 14.6. The minimum atomic E-state index is -3.30. The smallest absolute Gasteiger partial charge is 0.387 e. The van der Waals surface area contributed by atoms with Crippen LogP contribution in [0, 0.1) is 0 Å². The van der Waals surface area contributed by atoms with Gasteiger partial charge in [-0.2, -0.15) is 8.78 Å². The second-order valence-electron chi connectivity index (χ2n) is 6.41. The molecule has 3 rings (SSSR count). The van der Waals surface area contributed by atoms with E-state index in [9.17, 15) is 22.0 Å². The van der Waals surface area contributed by atoms with Crippen LogP contribution in [-0.4, -0.2) is 33.7 Å². The first-order valence-electron chi connectivity index (χ1n) is 8.41. The average molecular weight is 395 g/mol. The summed E-state index contributed by atoms with van der Waals surface area (Å²) in [5, 5.41) is 0. The van der Waals surface area contributed by atoms with Gasteiger partial charge in [0.05, 0.1) is 11.3 Å². The normalized spacial score (nSPS) is 14.1. The lowest BCUT2D eigenvalue weighted by Gasteiger charge is -2.30. The molecule has 1 heterocycles. The highest BCUT2D eigenvalue weighted by atomic mass is 32.2. The van der Waals surface area contributed by atoms with Crippen LogP contribution in [0.1, 0.15) is 17.5 Å². The van der Waals surface area contributed by atoms with Crippen LogP contribution in [0.25, 0.3) is 0 Å². The molecule has 0 saturated carbocycles. The third kappa shape index (κ3) is 4.63. The monoisotopic (exact) mass is 395 g/mol. The number of amides is 1. The largest absolute Gasteiger partial charge is 0.435 e. The number of carbonyl (C=O) groups excluding carboxylic acids is 1. The third-order valence-electron chi connectivity index (χ3n) is 4.40. The molecule has 1 aliphatic rings. The molecule has 0 aliphatic carbocycles. The molecule has 0 atom stereocenters. The van der Waals surface area contributed by atoms with Crippen LogP contribution >= 0.6 is 0 Å². The molecule has 0 radical (unpaired) electrons. The number of halogens is 2. The van der Waals surface area contributed by atoms with Gasteiger partial charge in [-0.25, -0.2) is 8.42 Å². The zero-order chi connectivity index (χ0) is 19.6. The molecule has 27 heavy (non-hydrogen) atoms. The highest BCUT2D eigenvalue weighted by Gasteiger charge is 2.24. The Hall–Kier alpha value is -2.48. The molecular weight excluding hydrogens is 376 g/mol. The van der Waals surface area contributed by atoms with Crippen molar-refractivity contribution in [3.8, 4) is 5.75 Å². The van der Waals surface area contributed by atoms with E-state index in [1.807, 2.05) is 0 Å². The topological polar surface area (TPSA) is 63.7 Å². The number of ether oxygens (including phenoxy) is 1. The van der Waals surface area contributed by atoms with Crippen molar-refractivity contribution in [3.05, 3.63) is 53.6 Å². The molecular formula is C19H19F2NO4S. The van der Waals surface area contributed by atoms with Crippen molar-refractivity contribution in [1.29, 1.82) is 0 Å². The van der Waals surface area contributed by atoms with Crippen LogP contribution in [0.4, 0.5) is 14.5 Å². The number of hydrogen-bond acceptors (Lipinski definition) is 4. The summed E-state index contributed by atoms with van der Waals surface area (Å²) in [5.74, 6) is -0.0941. The number of rotatable bonds is 5. The summed E-state index contributed by atoms with van der Waals surface area (Å²) in [5.41, 5.74) is 2.23. The summed E-state index contributed by atoms with van der Waals surface area (Å²) in [7, 11) is -3.30. The molecule has 2 aromatic carbocycles. The zero-order valence-corrected chi connectivity index (χ0v) is 15.5. The summed E-state index contributed by atoms with van der Waals surface area (Å²) in [6.45, 7) is -2.34. The van der Waals surface area contributed by atoms with Gasteiger partial charge in [0.15, 0.2) is 9.84 Å². The summed E-state index contributed by atoms with van der Waals surface area (Å²) >= 11 is 0. The minimum Gasteiger partial charge on any atom is -0.435 e. The number of anilines is 1. The minimum absolute atomic E-state index is 0.0396. The summed E-state index contributed by atoms with van der Waals surface area (Å²) in [6.07, 6.45) is 2.72. The van der Waals surface area contributed by atoms with Crippen molar-refractivity contribution >= 4 is 21.4 Å². The Morgan fingerprint density at radius 3 is 2.52 bits per heavy atom. The Bertz CT molecular complexity index is 943. The van der Waals surface area contributed by atoms with Crippen molar-refractivity contribution in [2.24, 2.45) is 0 Å². The molecule has 0 saturated heterocycles. The van der Waals surface area contributed by atoms with E-state index >= 15 is 0 Å². The molecule has 1 amide bonds. The second-order valence-corrected chi connectivity index (χ2v) is 8.43. The number of carbonyl (C=O) groups is 1. The van der Waals surface area contributed by atoms with Crippen molar-refractivity contribution in [2.45, 2.75) is 30.8 Å². The molecule has 8 heteroatoms. The van der Waals surface area contributed by atoms with Gasteiger partial charge < -0.3 is 9.64 Å². The Morgan fingerprint density at radius 2 is 1.89 bits per heavy atom. The van der Waals surface area contributed by atoms with Gasteiger partial charge in [0, 0.05) is 18.5 Å². The maximum atomic E-state index is 12.7. The maximum Gasteiger partial charge on any atom is 0.387 e. The first-order valence-corrected chi connectivity index (χ1v) is 10.3. The van der Waals surface area contributed by atoms with Crippen molar-refractivity contribution in [3.63, 3.8) is 0 Å². The van der Waals surface area contributed by atoms with E-state index in [1.54, 1.807) is 29.2 Å². The predicted molar refractivity (Wildman–Crippen MR) is 97.0 cm³/mol. The summed E-state index contributed by atoms with van der Waals surface area (Å²) < 4.78 is 52.2. The van der Waals surface area contributed by atoms with Crippen LogP contribution in [0.3, 0.4) is 0 Å². The van der Waals surface area contributed by atoms with E-state index in [0.29, 0.717) is 18.5 Å². The molecule has 2 aromatic rings. The standard InChI is InChI=1S/C19H19F2NO4S/c1-27(24,25)16-8-9-17-14(12-16)3-2-10-22(17)18(23)11-13-4-6-15(7-5-13)26-19(20)21/h4-9,12,19H,2-3,10-11H2,1H3. The molecule has 0 N–H and O–H groups in total. The number of aryl methyl sites for hydroxylation is 1. The maximum absolute atomic E-state index is 12.7. The first kappa shape index (κ1) is 19.3. The number of sulfone groups is 1. The Kier molecular flexibility index (Phi) is 5.46. The van der Waals surface area contributed by atoms with Crippen LogP contribution < -0.4 is 9.64 Å². The molecule has 0 aromatic heterocycles. The van der Waals surface area contributed by atoms with Crippen LogP contribution in [0.2, 0.25) is 0 Å². The molecule has 0 unspecified atom stereocenters. The molecule has 0 spiro atoms. The fourth-order valence-corrected chi connectivity index (χ4v) is 3.79. The second kappa shape index (κ2) is 7.64. The van der Waals surface area contributed by atoms with E-state index in [-0.39, 0.29) is 23.0 Å². The van der Waals surface area contributed by atoms with Gasteiger partial charge in [-0.05, 0) is 54.3 Å². The fourth-order valence-electron chi connectivity index (χ4n) is 3.12. The van der Waals surface area contributed by atoms with Gasteiger partial charge in [-0.15, -0.1) is 0 Å². The van der Waals surface area contributed by atoms with Gasteiger partial charge in [-0.3, -0.25) is 4.79 Å². The highest BCUT2D eigenvalue weighted by Crippen LogP contribution is 2.30. The Morgan fingerprint density at radius 1 is 1.19 bits per heavy atom. The quantitative estimate of drug-likeness (QED) is 0.780. The number of benzene rings is 2. The first-order chi connectivity index (χ1) is 12.7. The Balaban J connectivity index is 1.77. The van der Waals surface area contributed by atoms with E-state index < -0.39 is 16.4 Å². The SMILES string of the molecule is CS(=O)(=O)c1ccc2c(c1)CCCN2C(=O)Cc1ccc(OC(F)F)cc1. The van der Waals surface area contributed by atoms with Gasteiger partial charge in [0.2, 0.25) is 5.91 Å². The number of alkyl halides is 2. The van der Waals surface area contributed by atoms with E-state index in [1.165, 1.54) is 18.2 Å². The summed E-state index contributed by atoms with van der Waals surface area (Å²) in [6, 6.07) is 10.8. The molecule has 0 fully saturated rings. The highest BCUT2D eigenvalue weighted by molar-refractivity contribution is 7.90. The van der Waals surface area contributed by atoms with Crippen molar-refractivity contribution in [1.82, 2.24) is 0 Å². The molecule has 144 valence electrons. The Labute approximate surface area is 156 Å². The number of fused-ring (bicyclic) bond motifs is 1. The van der Waals surface area contributed by atoms with Crippen LogP contribution in [0.15, 0.2) is 47.4 Å².